The second-order valence-electron chi connectivity index (χ2n) is 3.96. The normalized spacial score (nSPS) is 10.8. The fourth-order valence-corrected chi connectivity index (χ4v) is 1.70. The lowest BCUT2D eigenvalue weighted by Gasteiger charge is -2.13. The van der Waals surface area contributed by atoms with Gasteiger partial charge in [-0.1, -0.05) is 0 Å². The zero-order chi connectivity index (χ0) is 15.5. The van der Waals surface area contributed by atoms with Crippen molar-refractivity contribution in [2.75, 3.05) is 7.11 Å². The van der Waals surface area contributed by atoms with Crippen LogP contribution in [0.1, 0.15) is 5.56 Å². The predicted octanol–water partition coefficient (Wildman–Crippen LogP) is 3.53. The fourth-order valence-electron chi connectivity index (χ4n) is 1.70. The minimum Gasteiger partial charge on any atom is -0.481 e. The van der Waals surface area contributed by atoms with Crippen LogP contribution in [0.3, 0.4) is 0 Å². The summed E-state index contributed by atoms with van der Waals surface area (Å²) in [6.07, 6.45) is -3.48. The van der Waals surface area contributed by atoms with E-state index in [0.29, 0.717) is 11.4 Å². The SMILES string of the molecule is COc1ccc(-c2ccc(C#N)cc2OC(F)(F)F)cn1. The highest BCUT2D eigenvalue weighted by Gasteiger charge is 2.32. The minimum atomic E-state index is -4.84. The van der Waals surface area contributed by atoms with Crippen molar-refractivity contribution in [2.45, 2.75) is 6.36 Å². The van der Waals surface area contributed by atoms with E-state index in [9.17, 15) is 13.2 Å². The molecule has 0 unspecified atom stereocenters. The van der Waals surface area contributed by atoms with Gasteiger partial charge in [0.25, 0.3) is 0 Å². The molecule has 0 aliphatic rings. The van der Waals surface area contributed by atoms with Gasteiger partial charge in [-0.15, -0.1) is 13.2 Å². The lowest BCUT2D eigenvalue weighted by atomic mass is 10.0. The molecule has 0 fully saturated rings. The van der Waals surface area contributed by atoms with Crippen molar-refractivity contribution in [3.8, 4) is 28.8 Å². The van der Waals surface area contributed by atoms with E-state index < -0.39 is 12.1 Å². The summed E-state index contributed by atoms with van der Waals surface area (Å²) >= 11 is 0. The third-order valence-corrected chi connectivity index (χ3v) is 2.59. The number of rotatable bonds is 3. The van der Waals surface area contributed by atoms with E-state index in [1.165, 1.54) is 31.5 Å². The number of alkyl halides is 3. The maximum Gasteiger partial charge on any atom is 0.573 e. The van der Waals surface area contributed by atoms with Gasteiger partial charge in [0, 0.05) is 23.4 Å². The second kappa shape index (κ2) is 5.71. The minimum absolute atomic E-state index is 0.0690. The number of hydrogen-bond donors (Lipinski definition) is 0. The van der Waals surface area contributed by atoms with Gasteiger partial charge in [-0.05, 0) is 24.3 Å². The van der Waals surface area contributed by atoms with Gasteiger partial charge in [0.1, 0.15) is 5.75 Å². The molecule has 0 N–H and O–H groups in total. The second-order valence-corrected chi connectivity index (χ2v) is 3.96. The fraction of sp³-hybridized carbons (Fsp3) is 0.143. The number of ether oxygens (including phenoxy) is 2. The smallest absolute Gasteiger partial charge is 0.481 e. The van der Waals surface area contributed by atoms with E-state index in [1.807, 2.05) is 0 Å². The maximum absolute atomic E-state index is 12.5. The number of halogens is 3. The summed E-state index contributed by atoms with van der Waals surface area (Å²) < 4.78 is 46.2. The van der Waals surface area contributed by atoms with Crippen LogP contribution < -0.4 is 9.47 Å². The maximum atomic E-state index is 12.5. The van der Waals surface area contributed by atoms with Gasteiger partial charge in [-0.25, -0.2) is 4.98 Å². The van der Waals surface area contributed by atoms with E-state index in [4.69, 9.17) is 10.00 Å². The van der Waals surface area contributed by atoms with Crippen molar-refractivity contribution in [3.63, 3.8) is 0 Å². The molecule has 7 heteroatoms. The number of hydrogen-bond acceptors (Lipinski definition) is 4. The number of nitriles is 1. The Morgan fingerprint density at radius 3 is 2.48 bits per heavy atom. The third kappa shape index (κ3) is 3.63. The van der Waals surface area contributed by atoms with Crippen LogP contribution in [0, 0.1) is 11.3 Å². The topological polar surface area (TPSA) is 55.1 Å². The molecule has 21 heavy (non-hydrogen) atoms. The summed E-state index contributed by atoms with van der Waals surface area (Å²) in [5, 5.41) is 8.77. The Hall–Kier alpha value is -2.75. The van der Waals surface area contributed by atoms with Crippen molar-refractivity contribution in [3.05, 3.63) is 42.1 Å². The monoisotopic (exact) mass is 294 g/mol. The highest BCUT2D eigenvalue weighted by molar-refractivity contribution is 5.71. The molecule has 0 amide bonds. The number of pyridine rings is 1. The average molecular weight is 294 g/mol. The van der Waals surface area contributed by atoms with Crippen molar-refractivity contribution >= 4 is 0 Å². The van der Waals surface area contributed by atoms with Gasteiger partial charge >= 0.3 is 6.36 Å². The quantitative estimate of drug-likeness (QED) is 0.869. The first-order valence-corrected chi connectivity index (χ1v) is 5.73. The van der Waals surface area contributed by atoms with E-state index in [1.54, 1.807) is 12.1 Å². The molecule has 0 spiro atoms. The van der Waals surface area contributed by atoms with Gasteiger partial charge in [-0.3, -0.25) is 0 Å². The van der Waals surface area contributed by atoms with E-state index in [-0.39, 0.29) is 11.1 Å². The molecule has 1 heterocycles. The molecular weight excluding hydrogens is 285 g/mol. The van der Waals surface area contributed by atoms with Crippen LogP contribution in [0.2, 0.25) is 0 Å². The molecule has 2 aromatic rings. The summed E-state index contributed by atoms with van der Waals surface area (Å²) in [7, 11) is 1.43. The Kier molecular flexibility index (Phi) is 3.98. The zero-order valence-electron chi connectivity index (χ0n) is 10.8. The summed E-state index contributed by atoms with van der Waals surface area (Å²) in [6.45, 7) is 0. The standard InChI is InChI=1S/C14H9F3N2O2/c1-20-13-5-3-10(8-19-13)11-4-2-9(7-18)6-12(11)21-14(15,16)17/h2-6,8H,1H3. The van der Waals surface area contributed by atoms with Gasteiger partial charge < -0.3 is 9.47 Å². The molecule has 1 aromatic carbocycles. The molecule has 0 aliphatic heterocycles. The number of benzene rings is 1. The number of methoxy groups -OCH3 is 1. The van der Waals surface area contributed by atoms with Crippen molar-refractivity contribution in [1.29, 1.82) is 5.26 Å². The molecule has 1 aromatic heterocycles. The Balaban J connectivity index is 2.48. The molecular formula is C14H9F3N2O2. The Labute approximate surface area is 118 Å². The van der Waals surface area contributed by atoms with Crippen LogP contribution in [0.4, 0.5) is 13.2 Å². The molecule has 0 saturated heterocycles. The Bertz CT molecular complexity index is 676. The lowest BCUT2D eigenvalue weighted by Crippen LogP contribution is -2.17. The van der Waals surface area contributed by atoms with Gasteiger partial charge in [0.2, 0.25) is 5.88 Å². The van der Waals surface area contributed by atoms with Crippen molar-refractivity contribution in [1.82, 2.24) is 4.98 Å². The molecule has 0 aliphatic carbocycles. The molecule has 4 nitrogen and oxygen atoms in total. The van der Waals surface area contributed by atoms with E-state index >= 15 is 0 Å². The summed E-state index contributed by atoms with van der Waals surface area (Å²) in [6, 6.07) is 8.66. The largest absolute Gasteiger partial charge is 0.573 e. The Morgan fingerprint density at radius 2 is 1.95 bits per heavy atom. The molecule has 0 radical (unpaired) electrons. The van der Waals surface area contributed by atoms with Crippen LogP contribution in [0.5, 0.6) is 11.6 Å². The van der Waals surface area contributed by atoms with Gasteiger partial charge in [0.05, 0.1) is 18.7 Å². The highest BCUT2D eigenvalue weighted by Crippen LogP contribution is 2.34. The molecule has 2 rings (SSSR count). The first-order chi connectivity index (χ1) is 9.93. The van der Waals surface area contributed by atoms with Gasteiger partial charge in [-0.2, -0.15) is 5.26 Å². The molecule has 0 bridgehead atoms. The first-order valence-electron chi connectivity index (χ1n) is 5.73. The van der Waals surface area contributed by atoms with Crippen LogP contribution in [0.25, 0.3) is 11.1 Å². The predicted molar refractivity (Wildman–Crippen MR) is 67.6 cm³/mol. The highest BCUT2D eigenvalue weighted by atomic mass is 19.4. The number of nitrogens with zero attached hydrogens (tertiary/aromatic N) is 2. The lowest BCUT2D eigenvalue weighted by molar-refractivity contribution is -0.274. The summed E-state index contributed by atoms with van der Waals surface area (Å²) in [5.41, 5.74) is 0.667. The van der Waals surface area contributed by atoms with Crippen LogP contribution >= 0.6 is 0 Å². The van der Waals surface area contributed by atoms with Gasteiger partial charge in [0.15, 0.2) is 0 Å². The van der Waals surface area contributed by atoms with E-state index in [2.05, 4.69) is 9.72 Å². The summed E-state index contributed by atoms with van der Waals surface area (Å²) in [5.74, 6) is -0.112. The molecule has 0 atom stereocenters. The van der Waals surface area contributed by atoms with Crippen LogP contribution in [0.15, 0.2) is 36.5 Å². The first kappa shape index (κ1) is 14.7. The van der Waals surface area contributed by atoms with Crippen molar-refractivity contribution in [2.24, 2.45) is 0 Å². The molecule has 108 valence electrons. The van der Waals surface area contributed by atoms with Crippen LogP contribution in [-0.4, -0.2) is 18.5 Å². The third-order valence-electron chi connectivity index (χ3n) is 2.59. The van der Waals surface area contributed by atoms with E-state index in [0.717, 1.165) is 6.07 Å². The zero-order valence-corrected chi connectivity index (χ0v) is 10.8. The Morgan fingerprint density at radius 1 is 1.19 bits per heavy atom. The van der Waals surface area contributed by atoms with Crippen LogP contribution in [-0.2, 0) is 0 Å². The number of aromatic nitrogens is 1. The average Bonchev–Trinajstić information content (AvgIpc) is 2.45. The molecule has 0 saturated carbocycles. The van der Waals surface area contributed by atoms with Crippen molar-refractivity contribution < 1.29 is 22.6 Å². The summed E-state index contributed by atoms with van der Waals surface area (Å²) in [4.78, 5) is 3.93.